The van der Waals surface area contributed by atoms with Gasteiger partial charge in [-0.25, -0.2) is 0 Å². The molecule has 0 heterocycles. The summed E-state index contributed by atoms with van der Waals surface area (Å²) in [4.78, 5) is 61.0. The standard InChI is InChI=1S/C22H41N5O6/c1-8-12(5)16(23)19(29)24-10-15(28)26-17(11(3)4)20(30)27-18(13(6)9-2)21(31)25-14(7)22(32)33/h11-14,16-18H,8-10,23H2,1-7H3,(H,24,29)(H,25,31)(H,26,28)(H,27,30)(H,32,33)/t12-,13-,14-,16-,17-,18-/m0/s1. The van der Waals surface area contributed by atoms with E-state index in [1.54, 1.807) is 20.8 Å². The average Bonchev–Trinajstić information content (AvgIpc) is 2.76. The lowest BCUT2D eigenvalue weighted by Crippen LogP contribution is -2.59. The van der Waals surface area contributed by atoms with Crippen molar-refractivity contribution in [1.82, 2.24) is 21.3 Å². The number of amides is 4. The first-order valence-electron chi connectivity index (χ1n) is 11.4. The lowest BCUT2D eigenvalue weighted by molar-refractivity contribution is -0.142. The molecule has 0 aliphatic rings. The number of nitrogens with one attached hydrogen (secondary N) is 4. The van der Waals surface area contributed by atoms with Gasteiger partial charge in [0.2, 0.25) is 23.6 Å². The van der Waals surface area contributed by atoms with Gasteiger partial charge in [-0.3, -0.25) is 24.0 Å². The Labute approximate surface area is 196 Å². The number of aliphatic carboxylic acids is 1. The molecule has 0 aliphatic heterocycles. The first-order chi connectivity index (χ1) is 15.3. The van der Waals surface area contributed by atoms with E-state index >= 15 is 0 Å². The second kappa shape index (κ2) is 14.5. The van der Waals surface area contributed by atoms with Crippen LogP contribution in [0, 0.1) is 17.8 Å². The summed E-state index contributed by atoms with van der Waals surface area (Å²) in [6, 6.07) is -3.80. The van der Waals surface area contributed by atoms with E-state index in [0.29, 0.717) is 12.8 Å². The first kappa shape index (κ1) is 30.3. The number of hydrogen-bond acceptors (Lipinski definition) is 6. The summed E-state index contributed by atoms with van der Waals surface area (Å²) in [5.41, 5.74) is 5.85. The molecule has 0 aliphatic carbocycles. The van der Waals surface area contributed by atoms with Crippen molar-refractivity contribution in [2.24, 2.45) is 23.5 Å². The highest BCUT2D eigenvalue weighted by Gasteiger charge is 2.32. The fourth-order valence-corrected chi connectivity index (χ4v) is 2.87. The van der Waals surface area contributed by atoms with Crippen LogP contribution in [0.4, 0.5) is 0 Å². The predicted octanol–water partition coefficient (Wildman–Crippen LogP) is -0.263. The Morgan fingerprint density at radius 2 is 1.27 bits per heavy atom. The molecule has 0 saturated heterocycles. The minimum Gasteiger partial charge on any atom is -0.480 e. The quantitative estimate of drug-likeness (QED) is 0.202. The van der Waals surface area contributed by atoms with Crippen LogP contribution in [0.5, 0.6) is 0 Å². The highest BCUT2D eigenvalue weighted by Crippen LogP contribution is 2.11. The average molecular weight is 472 g/mol. The lowest BCUT2D eigenvalue weighted by Gasteiger charge is -2.28. The van der Waals surface area contributed by atoms with Crippen molar-refractivity contribution in [2.75, 3.05) is 6.54 Å². The summed E-state index contributed by atoms with van der Waals surface area (Å²) < 4.78 is 0. The van der Waals surface area contributed by atoms with Crippen molar-refractivity contribution in [3.63, 3.8) is 0 Å². The first-order valence-corrected chi connectivity index (χ1v) is 11.4. The smallest absolute Gasteiger partial charge is 0.325 e. The minimum absolute atomic E-state index is 0.0465. The van der Waals surface area contributed by atoms with Crippen LogP contribution in [0.25, 0.3) is 0 Å². The van der Waals surface area contributed by atoms with Crippen molar-refractivity contribution in [2.45, 2.75) is 85.5 Å². The third kappa shape index (κ3) is 10.2. The van der Waals surface area contributed by atoms with E-state index in [-0.39, 0.29) is 24.3 Å². The van der Waals surface area contributed by atoms with E-state index in [1.807, 2.05) is 20.8 Å². The topological polar surface area (TPSA) is 180 Å². The molecule has 4 amide bonds. The number of carboxylic acids is 1. The Hall–Kier alpha value is -2.69. The molecule has 0 fully saturated rings. The molecule has 0 spiro atoms. The number of carboxylic acid groups (broad SMARTS) is 1. The second-order valence-electron chi connectivity index (χ2n) is 8.86. The Balaban J connectivity index is 5.19. The molecule has 0 bridgehead atoms. The highest BCUT2D eigenvalue weighted by molar-refractivity contribution is 5.94. The Kier molecular flexibility index (Phi) is 13.3. The van der Waals surface area contributed by atoms with Gasteiger partial charge in [0.05, 0.1) is 12.6 Å². The highest BCUT2D eigenvalue weighted by atomic mass is 16.4. The van der Waals surface area contributed by atoms with Crippen molar-refractivity contribution in [3.05, 3.63) is 0 Å². The van der Waals surface area contributed by atoms with Gasteiger partial charge in [0, 0.05) is 0 Å². The Bertz CT molecular complexity index is 699. The summed E-state index contributed by atoms with van der Waals surface area (Å²) in [6.07, 6.45) is 1.27. The van der Waals surface area contributed by atoms with E-state index < -0.39 is 53.8 Å². The van der Waals surface area contributed by atoms with Crippen molar-refractivity contribution in [3.8, 4) is 0 Å². The zero-order valence-corrected chi connectivity index (χ0v) is 20.7. The molecule has 33 heavy (non-hydrogen) atoms. The maximum atomic E-state index is 12.9. The van der Waals surface area contributed by atoms with Gasteiger partial charge < -0.3 is 32.1 Å². The SMILES string of the molecule is CC[C@H](C)[C@H](N)C(=O)NCC(=O)N[C@H](C(=O)N[C@H](C(=O)N[C@@H](C)C(=O)O)[C@@H](C)CC)C(C)C. The van der Waals surface area contributed by atoms with Crippen LogP contribution in [0.3, 0.4) is 0 Å². The normalized spacial score (nSPS) is 16.5. The molecule has 11 heteroatoms. The zero-order chi connectivity index (χ0) is 25.9. The van der Waals surface area contributed by atoms with Gasteiger partial charge in [-0.2, -0.15) is 0 Å². The van der Waals surface area contributed by atoms with E-state index in [1.165, 1.54) is 6.92 Å². The predicted molar refractivity (Wildman–Crippen MR) is 124 cm³/mol. The minimum atomic E-state index is -1.19. The van der Waals surface area contributed by atoms with Gasteiger partial charge in [-0.05, 0) is 24.7 Å². The number of hydrogen-bond donors (Lipinski definition) is 6. The molecule has 7 N–H and O–H groups in total. The fraction of sp³-hybridized carbons (Fsp3) is 0.773. The second-order valence-corrected chi connectivity index (χ2v) is 8.86. The molecule has 11 nitrogen and oxygen atoms in total. The lowest BCUT2D eigenvalue weighted by atomic mass is 9.96. The van der Waals surface area contributed by atoms with E-state index in [0.717, 1.165) is 0 Å². The van der Waals surface area contributed by atoms with Crippen molar-refractivity contribution in [1.29, 1.82) is 0 Å². The third-order valence-corrected chi connectivity index (χ3v) is 5.77. The molecule has 0 aromatic carbocycles. The number of rotatable bonds is 14. The molecule has 0 aromatic rings. The van der Waals surface area contributed by atoms with Gasteiger partial charge in [0.25, 0.3) is 0 Å². The van der Waals surface area contributed by atoms with Gasteiger partial charge in [0.15, 0.2) is 0 Å². The van der Waals surface area contributed by atoms with Gasteiger partial charge in [-0.15, -0.1) is 0 Å². The fourth-order valence-electron chi connectivity index (χ4n) is 2.87. The third-order valence-electron chi connectivity index (χ3n) is 5.77. The van der Waals surface area contributed by atoms with Crippen molar-refractivity contribution < 1.29 is 29.1 Å². The van der Waals surface area contributed by atoms with Crippen LogP contribution in [0.1, 0.15) is 61.3 Å². The maximum Gasteiger partial charge on any atom is 0.325 e. The number of carbonyl (C=O) groups is 5. The van der Waals surface area contributed by atoms with E-state index in [9.17, 15) is 24.0 Å². The van der Waals surface area contributed by atoms with Gasteiger partial charge in [0.1, 0.15) is 18.1 Å². The summed E-state index contributed by atoms with van der Waals surface area (Å²) in [5.74, 6) is -4.05. The summed E-state index contributed by atoms with van der Waals surface area (Å²) in [7, 11) is 0. The van der Waals surface area contributed by atoms with Crippen molar-refractivity contribution >= 4 is 29.6 Å². The summed E-state index contributed by atoms with van der Waals surface area (Å²) in [6.45, 7) is 11.8. The van der Waals surface area contributed by atoms with Gasteiger partial charge >= 0.3 is 5.97 Å². The van der Waals surface area contributed by atoms with Crippen LogP contribution in [0.15, 0.2) is 0 Å². The molecular formula is C22H41N5O6. The molecule has 0 saturated carbocycles. The van der Waals surface area contributed by atoms with Gasteiger partial charge in [-0.1, -0.05) is 54.4 Å². The molecule has 6 atom stereocenters. The van der Waals surface area contributed by atoms with Crippen LogP contribution >= 0.6 is 0 Å². The molecule has 0 rings (SSSR count). The molecule has 0 radical (unpaired) electrons. The molecule has 190 valence electrons. The zero-order valence-electron chi connectivity index (χ0n) is 20.7. The summed E-state index contributed by atoms with van der Waals surface area (Å²) in [5, 5.41) is 19.1. The largest absolute Gasteiger partial charge is 0.480 e. The monoisotopic (exact) mass is 471 g/mol. The summed E-state index contributed by atoms with van der Waals surface area (Å²) >= 11 is 0. The Morgan fingerprint density at radius 3 is 1.73 bits per heavy atom. The van der Waals surface area contributed by atoms with Crippen LogP contribution in [0.2, 0.25) is 0 Å². The number of carbonyl (C=O) groups excluding carboxylic acids is 4. The van der Waals surface area contributed by atoms with Crippen LogP contribution in [-0.2, 0) is 24.0 Å². The maximum absolute atomic E-state index is 12.9. The van der Waals surface area contributed by atoms with E-state index in [2.05, 4.69) is 21.3 Å². The Morgan fingerprint density at radius 1 is 0.758 bits per heavy atom. The molecule has 0 unspecified atom stereocenters. The number of nitrogens with two attached hydrogens (primary N) is 1. The van der Waals surface area contributed by atoms with E-state index in [4.69, 9.17) is 10.8 Å². The molecule has 0 aromatic heterocycles. The van der Waals surface area contributed by atoms with Crippen LogP contribution < -0.4 is 27.0 Å². The van der Waals surface area contributed by atoms with Crippen LogP contribution in [-0.4, -0.2) is 65.4 Å². The molecular weight excluding hydrogens is 430 g/mol.